The Morgan fingerprint density at radius 3 is 2.63 bits per heavy atom. The third-order valence-electron chi connectivity index (χ3n) is 2.99. The first-order valence-electron chi connectivity index (χ1n) is 5.56. The molecule has 0 radical (unpaired) electrons. The van der Waals surface area contributed by atoms with Gasteiger partial charge in [-0.1, -0.05) is 0 Å². The number of halogens is 5. The molecule has 2 rings (SSSR count). The summed E-state index contributed by atoms with van der Waals surface area (Å²) >= 11 is 8.88. The molecule has 0 aliphatic carbocycles. The Morgan fingerprint density at radius 1 is 1.42 bits per heavy atom. The number of rotatable bonds is 2. The summed E-state index contributed by atoms with van der Waals surface area (Å²) in [7, 11) is 0. The molecule has 1 fully saturated rings. The van der Waals surface area contributed by atoms with Crippen LogP contribution in [0.15, 0.2) is 22.7 Å². The molecular formula is C12H10BrClF3NO. The maximum Gasteiger partial charge on any atom is 0.416 e. The average molecular weight is 357 g/mol. The standard InChI is InChI=1S/C12H10BrClF3NO/c13-9-2-1-8(12(15,16)17)4-10(9)18-6-7(5-14)3-11(18)19/h1-2,4,7H,3,5-6H2. The number of carbonyl (C=O) groups is 1. The Bertz CT molecular complexity index is 506. The number of benzene rings is 1. The lowest BCUT2D eigenvalue weighted by atomic mass is 10.1. The third-order valence-corrected chi connectivity index (χ3v) is 4.09. The Kier molecular flexibility index (Phi) is 4.11. The molecule has 0 spiro atoms. The van der Waals surface area contributed by atoms with Gasteiger partial charge in [0.2, 0.25) is 5.91 Å². The van der Waals surface area contributed by atoms with E-state index in [1.807, 2.05) is 0 Å². The molecule has 104 valence electrons. The molecule has 1 atom stereocenters. The molecule has 1 aliphatic heterocycles. The van der Waals surface area contributed by atoms with E-state index in [9.17, 15) is 18.0 Å². The van der Waals surface area contributed by atoms with Crippen molar-refractivity contribution in [2.45, 2.75) is 12.6 Å². The first-order valence-corrected chi connectivity index (χ1v) is 6.88. The van der Waals surface area contributed by atoms with Crippen molar-refractivity contribution in [3.63, 3.8) is 0 Å². The van der Waals surface area contributed by atoms with Crippen LogP contribution in [0.2, 0.25) is 0 Å². The highest BCUT2D eigenvalue weighted by molar-refractivity contribution is 9.10. The zero-order valence-electron chi connectivity index (χ0n) is 9.68. The SMILES string of the molecule is O=C1CC(CCl)CN1c1cc(C(F)(F)F)ccc1Br. The molecule has 0 saturated carbocycles. The first-order chi connectivity index (χ1) is 8.82. The van der Waals surface area contributed by atoms with Gasteiger partial charge in [0.25, 0.3) is 0 Å². The van der Waals surface area contributed by atoms with Gasteiger partial charge in [0, 0.05) is 23.3 Å². The van der Waals surface area contributed by atoms with E-state index in [2.05, 4.69) is 15.9 Å². The van der Waals surface area contributed by atoms with Gasteiger partial charge in [-0.15, -0.1) is 11.6 Å². The number of nitrogens with zero attached hydrogens (tertiary/aromatic N) is 1. The highest BCUT2D eigenvalue weighted by Gasteiger charge is 2.35. The van der Waals surface area contributed by atoms with Crippen molar-refractivity contribution in [3.05, 3.63) is 28.2 Å². The summed E-state index contributed by atoms with van der Waals surface area (Å²) in [6.45, 7) is 0.349. The van der Waals surface area contributed by atoms with Crippen molar-refractivity contribution in [2.24, 2.45) is 5.92 Å². The maximum atomic E-state index is 12.7. The summed E-state index contributed by atoms with van der Waals surface area (Å²) in [5.41, 5.74) is -0.528. The van der Waals surface area contributed by atoms with Gasteiger partial charge in [-0.25, -0.2) is 0 Å². The predicted octanol–water partition coefficient (Wildman–Crippen LogP) is 4.06. The van der Waals surface area contributed by atoms with Gasteiger partial charge < -0.3 is 4.90 Å². The molecule has 0 bridgehead atoms. The second-order valence-corrected chi connectivity index (χ2v) is 5.56. The summed E-state index contributed by atoms with van der Waals surface area (Å²) in [6, 6.07) is 3.27. The second kappa shape index (κ2) is 5.32. The lowest BCUT2D eigenvalue weighted by Crippen LogP contribution is -2.25. The van der Waals surface area contributed by atoms with E-state index in [1.165, 1.54) is 11.0 Å². The van der Waals surface area contributed by atoms with Crippen molar-refractivity contribution in [1.82, 2.24) is 0 Å². The van der Waals surface area contributed by atoms with E-state index in [0.717, 1.165) is 12.1 Å². The molecule has 1 aliphatic rings. The van der Waals surface area contributed by atoms with Crippen LogP contribution < -0.4 is 4.90 Å². The minimum absolute atomic E-state index is 0.0180. The minimum Gasteiger partial charge on any atom is -0.311 e. The van der Waals surface area contributed by atoms with Gasteiger partial charge in [-0.2, -0.15) is 13.2 Å². The molecule has 1 unspecified atom stereocenters. The number of carbonyl (C=O) groups excluding carboxylic acids is 1. The Hall–Kier alpha value is -0.750. The molecule has 1 aromatic carbocycles. The number of hydrogen-bond acceptors (Lipinski definition) is 1. The molecule has 1 heterocycles. The van der Waals surface area contributed by atoms with E-state index >= 15 is 0 Å². The number of hydrogen-bond donors (Lipinski definition) is 0. The van der Waals surface area contributed by atoms with Gasteiger partial charge in [-0.3, -0.25) is 4.79 Å². The maximum absolute atomic E-state index is 12.7. The Morgan fingerprint density at radius 2 is 2.11 bits per heavy atom. The van der Waals surface area contributed by atoms with Crippen molar-refractivity contribution in [1.29, 1.82) is 0 Å². The van der Waals surface area contributed by atoms with Crippen LogP contribution >= 0.6 is 27.5 Å². The molecule has 2 nitrogen and oxygen atoms in total. The molecule has 7 heteroatoms. The molecule has 0 aromatic heterocycles. The molecule has 1 amide bonds. The van der Waals surface area contributed by atoms with E-state index in [-0.39, 0.29) is 23.9 Å². The molecular weight excluding hydrogens is 346 g/mol. The van der Waals surface area contributed by atoms with Crippen LogP contribution in [-0.4, -0.2) is 18.3 Å². The Balaban J connectivity index is 2.37. The van der Waals surface area contributed by atoms with Crippen LogP contribution in [0.4, 0.5) is 18.9 Å². The summed E-state index contributed by atoms with van der Waals surface area (Å²) < 4.78 is 38.5. The Labute approximate surface area is 121 Å². The van der Waals surface area contributed by atoms with Crippen LogP contribution in [0.5, 0.6) is 0 Å². The lowest BCUT2D eigenvalue weighted by Gasteiger charge is -2.19. The first kappa shape index (κ1) is 14.7. The third kappa shape index (κ3) is 3.05. The molecule has 1 aromatic rings. The highest BCUT2D eigenvalue weighted by atomic mass is 79.9. The largest absolute Gasteiger partial charge is 0.416 e. The fourth-order valence-electron chi connectivity index (χ4n) is 2.01. The van der Waals surface area contributed by atoms with Gasteiger partial charge in [0.05, 0.1) is 11.3 Å². The summed E-state index contributed by atoms with van der Waals surface area (Å²) in [5.74, 6) is 0.0972. The monoisotopic (exact) mass is 355 g/mol. The van der Waals surface area contributed by atoms with E-state index in [4.69, 9.17) is 11.6 Å². The van der Waals surface area contributed by atoms with Crippen LogP contribution in [0.25, 0.3) is 0 Å². The van der Waals surface area contributed by atoms with Gasteiger partial charge in [0.1, 0.15) is 0 Å². The van der Waals surface area contributed by atoms with Crippen LogP contribution in [0.1, 0.15) is 12.0 Å². The fraction of sp³-hybridized carbons (Fsp3) is 0.417. The fourth-order valence-corrected chi connectivity index (χ4v) is 2.68. The van der Waals surface area contributed by atoms with Crippen molar-refractivity contribution >= 4 is 39.1 Å². The van der Waals surface area contributed by atoms with E-state index in [1.54, 1.807) is 0 Å². The van der Waals surface area contributed by atoms with Crippen LogP contribution in [-0.2, 0) is 11.0 Å². The lowest BCUT2D eigenvalue weighted by molar-refractivity contribution is -0.137. The highest BCUT2D eigenvalue weighted by Crippen LogP contribution is 2.37. The van der Waals surface area contributed by atoms with Crippen LogP contribution in [0, 0.1) is 5.92 Å². The van der Waals surface area contributed by atoms with Crippen molar-refractivity contribution in [3.8, 4) is 0 Å². The van der Waals surface area contributed by atoms with Crippen molar-refractivity contribution < 1.29 is 18.0 Å². The second-order valence-electron chi connectivity index (χ2n) is 4.39. The zero-order chi connectivity index (χ0) is 14.2. The average Bonchev–Trinajstić information content (AvgIpc) is 2.69. The predicted molar refractivity (Wildman–Crippen MR) is 70.3 cm³/mol. The number of alkyl halides is 4. The van der Waals surface area contributed by atoms with Crippen LogP contribution in [0.3, 0.4) is 0 Å². The van der Waals surface area contributed by atoms with Crippen molar-refractivity contribution in [2.75, 3.05) is 17.3 Å². The summed E-state index contributed by atoms with van der Waals surface area (Å²) in [5, 5.41) is 0. The van der Waals surface area contributed by atoms with E-state index in [0.29, 0.717) is 16.9 Å². The van der Waals surface area contributed by atoms with Gasteiger partial charge in [-0.05, 0) is 40.0 Å². The summed E-state index contributed by atoms with van der Waals surface area (Å²) in [4.78, 5) is 13.2. The van der Waals surface area contributed by atoms with Gasteiger partial charge >= 0.3 is 6.18 Å². The topological polar surface area (TPSA) is 20.3 Å². The van der Waals surface area contributed by atoms with E-state index < -0.39 is 11.7 Å². The number of amides is 1. The number of anilines is 1. The molecule has 0 N–H and O–H groups in total. The quantitative estimate of drug-likeness (QED) is 0.732. The smallest absolute Gasteiger partial charge is 0.311 e. The molecule has 1 saturated heterocycles. The minimum atomic E-state index is -4.43. The zero-order valence-corrected chi connectivity index (χ0v) is 12.0. The normalized spacial score (nSPS) is 20.2. The summed E-state index contributed by atoms with van der Waals surface area (Å²) in [6.07, 6.45) is -4.16. The molecule has 19 heavy (non-hydrogen) atoms. The van der Waals surface area contributed by atoms with Gasteiger partial charge in [0.15, 0.2) is 0 Å².